The molecule has 106 valence electrons. The van der Waals surface area contributed by atoms with Crippen LogP contribution in [0.15, 0.2) is 34.0 Å². The number of aromatic nitrogens is 3. The van der Waals surface area contributed by atoms with Gasteiger partial charge in [0.25, 0.3) is 0 Å². The number of hydrogen-bond donors (Lipinski definition) is 0. The molecule has 0 unspecified atom stereocenters. The van der Waals surface area contributed by atoms with E-state index in [1.54, 1.807) is 6.20 Å². The van der Waals surface area contributed by atoms with Gasteiger partial charge in [0.05, 0.1) is 6.54 Å². The predicted octanol–water partition coefficient (Wildman–Crippen LogP) is 1.90. The Bertz CT molecular complexity index is 762. The van der Waals surface area contributed by atoms with Gasteiger partial charge in [0, 0.05) is 36.2 Å². The van der Waals surface area contributed by atoms with Gasteiger partial charge in [-0.1, -0.05) is 11.6 Å². The molecule has 2 aromatic heterocycles. The van der Waals surface area contributed by atoms with Crippen molar-refractivity contribution in [2.45, 2.75) is 18.0 Å². The van der Waals surface area contributed by atoms with Crippen molar-refractivity contribution in [2.75, 3.05) is 6.54 Å². The molecule has 0 N–H and O–H groups in total. The van der Waals surface area contributed by atoms with Crippen molar-refractivity contribution in [1.29, 1.82) is 0 Å². The van der Waals surface area contributed by atoms with Crippen LogP contribution in [0.4, 0.5) is 0 Å². The Balaban J connectivity index is 1.99. The van der Waals surface area contributed by atoms with Gasteiger partial charge >= 0.3 is 0 Å². The van der Waals surface area contributed by atoms with Gasteiger partial charge in [-0.2, -0.15) is 4.31 Å². The fourth-order valence-electron chi connectivity index (χ4n) is 2.08. The van der Waals surface area contributed by atoms with E-state index in [0.29, 0.717) is 17.6 Å². The molecule has 9 heteroatoms. The summed E-state index contributed by atoms with van der Waals surface area (Å²) in [6, 6.07) is 1.46. The molecule has 0 saturated carbocycles. The molecular weight excluding hydrogens is 368 g/mol. The van der Waals surface area contributed by atoms with Crippen molar-refractivity contribution in [3.05, 3.63) is 40.1 Å². The molecule has 20 heavy (non-hydrogen) atoms. The zero-order chi connectivity index (χ0) is 14.3. The molecule has 2 aromatic rings. The maximum atomic E-state index is 12.6. The smallest absolute Gasteiger partial charge is 0.246 e. The molecule has 3 heterocycles. The fraction of sp³-hybridized carbons (Fsp3) is 0.273. The molecule has 0 fully saturated rings. The van der Waals surface area contributed by atoms with Gasteiger partial charge in [-0.25, -0.2) is 18.4 Å². The molecule has 0 atom stereocenters. The SMILES string of the molecule is O=S(=O)(c1cc(Br)cnc1Cl)N1CCn2ccnc2C1. The summed E-state index contributed by atoms with van der Waals surface area (Å²) in [4.78, 5) is 8.03. The zero-order valence-corrected chi connectivity index (χ0v) is 13.4. The van der Waals surface area contributed by atoms with Gasteiger partial charge in [0.1, 0.15) is 15.9 Å². The normalized spacial score (nSPS) is 16.1. The highest BCUT2D eigenvalue weighted by Crippen LogP contribution is 2.27. The first-order chi connectivity index (χ1) is 9.48. The number of imidazole rings is 1. The summed E-state index contributed by atoms with van der Waals surface area (Å²) >= 11 is 9.13. The summed E-state index contributed by atoms with van der Waals surface area (Å²) in [6.45, 7) is 1.19. The predicted molar refractivity (Wildman–Crippen MR) is 76.8 cm³/mol. The van der Waals surface area contributed by atoms with E-state index in [1.807, 2.05) is 10.8 Å². The van der Waals surface area contributed by atoms with Crippen LogP contribution in [0.1, 0.15) is 5.82 Å². The first-order valence-corrected chi connectivity index (χ1v) is 8.41. The largest absolute Gasteiger partial charge is 0.333 e. The molecule has 3 rings (SSSR count). The van der Waals surface area contributed by atoms with E-state index >= 15 is 0 Å². The topological polar surface area (TPSA) is 68.1 Å². The van der Waals surface area contributed by atoms with E-state index < -0.39 is 10.0 Å². The Labute approximate surface area is 129 Å². The lowest BCUT2D eigenvalue weighted by Crippen LogP contribution is -2.38. The third kappa shape index (κ3) is 2.37. The van der Waals surface area contributed by atoms with E-state index in [9.17, 15) is 8.42 Å². The van der Waals surface area contributed by atoms with Gasteiger partial charge in [-0.3, -0.25) is 0 Å². The molecule has 6 nitrogen and oxygen atoms in total. The third-order valence-electron chi connectivity index (χ3n) is 3.10. The summed E-state index contributed by atoms with van der Waals surface area (Å²) in [7, 11) is -3.68. The number of pyridine rings is 1. The van der Waals surface area contributed by atoms with E-state index in [1.165, 1.54) is 16.6 Å². The Morgan fingerprint density at radius 3 is 2.90 bits per heavy atom. The van der Waals surface area contributed by atoms with E-state index in [4.69, 9.17) is 11.6 Å². The standard InChI is InChI=1S/C11H10BrClN4O2S/c12-8-5-9(11(13)15-6-8)20(18,19)17-4-3-16-2-1-14-10(16)7-17/h1-2,5-6H,3-4,7H2. The average molecular weight is 378 g/mol. The van der Waals surface area contributed by atoms with Crippen LogP contribution < -0.4 is 0 Å². The molecule has 0 bridgehead atoms. The summed E-state index contributed by atoms with van der Waals surface area (Å²) in [5.41, 5.74) is 0. The van der Waals surface area contributed by atoms with Crippen molar-refractivity contribution in [1.82, 2.24) is 18.8 Å². The first-order valence-electron chi connectivity index (χ1n) is 5.80. The molecule has 0 spiro atoms. The second-order valence-electron chi connectivity index (χ2n) is 4.32. The van der Waals surface area contributed by atoms with Crippen molar-refractivity contribution in [2.24, 2.45) is 0 Å². The van der Waals surface area contributed by atoms with Crippen LogP contribution in [0.25, 0.3) is 0 Å². The number of rotatable bonds is 2. The highest BCUT2D eigenvalue weighted by Gasteiger charge is 2.31. The van der Waals surface area contributed by atoms with Crippen molar-refractivity contribution < 1.29 is 8.42 Å². The molecule has 1 aliphatic rings. The highest BCUT2D eigenvalue weighted by atomic mass is 79.9. The fourth-order valence-corrected chi connectivity index (χ4v) is 4.39. The van der Waals surface area contributed by atoms with Gasteiger partial charge in [-0.05, 0) is 22.0 Å². The van der Waals surface area contributed by atoms with Crippen LogP contribution in [0.5, 0.6) is 0 Å². The second-order valence-corrected chi connectivity index (χ2v) is 7.50. The quantitative estimate of drug-likeness (QED) is 0.750. The maximum Gasteiger partial charge on any atom is 0.246 e. The van der Waals surface area contributed by atoms with Gasteiger partial charge in [0.15, 0.2) is 0 Å². The van der Waals surface area contributed by atoms with Crippen molar-refractivity contribution in [3.63, 3.8) is 0 Å². The Morgan fingerprint density at radius 2 is 2.10 bits per heavy atom. The lowest BCUT2D eigenvalue weighted by Gasteiger charge is -2.27. The van der Waals surface area contributed by atoms with Crippen molar-refractivity contribution in [3.8, 4) is 0 Å². The van der Waals surface area contributed by atoms with Crippen LogP contribution >= 0.6 is 27.5 Å². The molecule has 0 amide bonds. The number of nitrogens with zero attached hydrogens (tertiary/aromatic N) is 4. The van der Waals surface area contributed by atoms with E-state index in [-0.39, 0.29) is 16.6 Å². The van der Waals surface area contributed by atoms with Crippen LogP contribution in [-0.2, 0) is 23.1 Å². The summed E-state index contributed by atoms with van der Waals surface area (Å²) < 4.78 is 29.1. The Morgan fingerprint density at radius 1 is 1.30 bits per heavy atom. The molecule has 1 aliphatic heterocycles. The Kier molecular flexibility index (Phi) is 3.57. The minimum atomic E-state index is -3.68. The minimum Gasteiger partial charge on any atom is -0.333 e. The van der Waals surface area contributed by atoms with Gasteiger partial charge < -0.3 is 4.57 Å². The van der Waals surface area contributed by atoms with Crippen LogP contribution in [0.3, 0.4) is 0 Å². The molecule has 0 saturated heterocycles. The molecule has 0 aromatic carbocycles. The lowest BCUT2D eigenvalue weighted by atomic mass is 10.4. The molecule has 0 radical (unpaired) electrons. The van der Waals surface area contributed by atoms with Crippen LogP contribution in [-0.4, -0.2) is 33.8 Å². The van der Waals surface area contributed by atoms with Crippen molar-refractivity contribution >= 4 is 37.6 Å². The summed E-state index contributed by atoms with van der Waals surface area (Å²) in [6.07, 6.45) is 4.97. The summed E-state index contributed by atoms with van der Waals surface area (Å²) in [5, 5.41) is -0.0258. The monoisotopic (exact) mass is 376 g/mol. The van der Waals surface area contributed by atoms with E-state index in [2.05, 4.69) is 25.9 Å². The number of fused-ring (bicyclic) bond motifs is 1. The van der Waals surface area contributed by atoms with Crippen LogP contribution in [0, 0.1) is 0 Å². The van der Waals surface area contributed by atoms with Gasteiger partial charge in [0.2, 0.25) is 10.0 Å². The average Bonchev–Trinajstić information content (AvgIpc) is 2.88. The Hall–Kier alpha value is -0.960. The van der Waals surface area contributed by atoms with Crippen LogP contribution in [0.2, 0.25) is 5.15 Å². The molecule has 0 aliphatic carbocycles. The third-order valence-corrected chi connectivity index (χ3v) is 5.81. The molecular formula is C11H10BrClN4O2S. The zero-order valence-electron chi connectivity index (χ0n) is 10.2. The highest BCUT2D eigenvalue weighted by molar-refractivity contribution is 9.10. The maximum absolute atomic E-state index is 12.6. The lowest BCUT2D eigenvalue weighted by molar-refractivity contribution is 0.335. The number of sulfonamides is 1. The number of halogens is 2. The van der Waals surface area contributed by atoms with Gasteiger partial charge in [-0.15, -0.1) is 0 Å². The summed E-state index contributed by atoms with van der Waals surface area (Å²) in [5.74, 6) is 0.721. The first kappa shape index (κ1) is 14.0. The van der Waals surface area contributed by atoms with E-state index in [0.717, 1.165) is 5.82 Å². The minimum absolute atomic E-state index is 0.00791. The number of hydrogen-bond acceptors (Lipinski definition) is 4. The second kappa shape index (κ2) is 5.10.